The van der Waals surface area contributed by atoms with Crippen molar-refractivity contribution >= 4 is 17.7 Å². The Morgan fingerprint density at radius 2 is 1.65 bits per heavy atom. The third-order valence-electron chi connectivity index (χ3n) is 5.09. The van der Waals surface area contributed by atoms with E-state index in [1.54, 1.807) is 13.8 Å². The van der Waals surface area contributed by atoms with E-state index >= 15 is 0 Å². The van der Waals surface area contributed by atoms with Crippen LogP contribution in [0.25, 0.3) is 11.1 Å². The summed E-state index contributed by atoms with van der Waals surface area (Å²) in [5.41, 5.74) is 3.77. The molecule has 2 N–H and O–H groups in total. The predicted octanol–water partition coefficient (Wildman–Crippen LogP) is 4.54. The van der Waals surface area contributed by atoms with Crippen molar-refractivity contribution in [2.45, 2.75) is 33.7 Å². The number of rotatable bonds is 7. The smallest absolute Gasteiger partial charge is 0.340 e. The van der Waals surface area contributed by atoms with Gasteiger partial charge in [-0.15, -0.1) is 0 Å². The molecule has 1 aromatic heterocycles. The number of aromatic nitrogens is 1. The molecule has 6 heteroatoms. The molecule has 0 radical (unpaired) electrons. The maximum atomic E-state index is 13.1. The van der Waals surface area contributed by atoms with Gasteiger partial charge < -0.3 is 15.0 Å². The number of hydrogen-bond donors (Lipinski definition) is 2. The molecule has 2 aromatic carbocycles. The van der Waals surface area contributed by atoms with Crippen LogP contribution in [0.4, 0.5) is 0 Å². The van der Waals surface area contributed by atoms with Gasteiger partial charge in [-0.25, -0.2) is 4.79 Å². The fourth-order valence-electron chi connectivity index (χ4n) is 3.46. The lowest BCUT2D eigenvalue weighted by Gasteiger charge is -2.14. The summed E-state index contributed by atoms with van der Waals surface area (Å²) in [5, 5.41) is 2.74. The molecule has 0 spiro atoms. The van der Waals surface area contributed by atoms with Gasteiger partial charge in [0, 0.05) is 11.3 Å². The highest BCUT2D eigenvalue weighted by Crippen LogP contribution is 2.32. The topological polar surface area (TPSA) is 88.3 Å². The van der Waals surface area contributed by atoms with Crippen LogP contribution in [0.1, 0.15) is 57.6 Å². The monoisotopic (exact) mass is 418 g/mol. The van der Waals surface area contributed by atoms with Gasteiger partial charge in [-0.05, 0) is 38.8 Å². The normalized spacial score (nSPS) is 11.6. The maximum absolute atomic E-state index is 13.1. The molecule has 0 aliphatic carbocycles. The zero-order valence-electron chi connectivity index (χ0n) is 18.1. The minimum atomic E-state index is -0.749. The Morgan fingerprint density at radius 3 is 2.26 bits per heavy atom. The summed E-state index contributed by atoms with van der Waals surface area (Å²) in [6.07, 6.45) is 0. The van der Waals surface area contributed by atoms with Crippen molar-refractivity contribution in [3.8, 4) is 11.1 Å². The molecule has 3 aromatic rings. The Kier molecular flexibility index (Phi) is 6.70. The van der Waals surface area contributed by atoms with Crippen LogP contribution in [0.3, 0.4) is 0 Å². The molecule has 0 saturated carbocycles. The van der Waals surface area contributed by atoms with E-state index in [0.717, 1.165) is 11.1 Å². The fourth-order valence-corrected chi connectivity index (χ4v) is 3.46. The SMILES string of the molecule is CCOC(=O)c1c(C)[nH]c(C(=O)C(=O)N[C@H](C)c2ccccc2)c1-c1ccc(C)cc1. The van der Waals surface area contributed by atoms with E-state index < -0.39 is 17.7 Å². The molecule has 0 fully saturated rings. The number of aryl methyl sites for hydroxylation is 2. The first-order chi connectivity index (χ1) is 14.8. The highest BCUT2D eigenvalue weighted by molar-refractivity contribution is 6.44. The van der Waals surface area contributed by atoms with Crippen LogP contribution >= 0.6 is 0 Å². The van der Waals surface area contributed by atoms with Gasteiger partial charge in [-0.3, -0.25) is 9.59 Å². The molecule has 1 atom stereocenters. The summed E-state index contributed by atoms with van der Waals surface area (Å²) < 4.78 is 5.20. The van der Waals surface area contributed by atoms with Crippen molar-refractivity contribution in [3.05, 3.63) is 82.7 Å². The lowest BCUT2D eigenvalue weighted by Crippen LogP contribution is -2.33. The molecule has 0 saturated heterocycles. The molecule has 0 unspecified atom stereocenters. The van der Waals surface area contributed by atoms with Crippen molar-refractivity contribution in [1.29, 1.82) is 0 Å². The fraction of sp³-hybridized carbons (Fsp3) is 0.240. The largest absolute Gasteiger partial charge is 0.462 e. The molecule has 6 nitrogen and oxygen atoms in total. The molecule has 3 rings (SSSR count). The van der Waals surface area contributed by atoms with Gasteiger partial charge in [0.25, 0.3) is 11.7 Å². The van der Waals surface area contributed by atoms with E-state index in [2.05, 4.69) is 10.3 Å². The summed E-state index contributed by atoms with van der Waals surface area (Å²) in [6, 6.07) is 16.5. The minimum absolute atomic E-state index is 0.0715. The number of esters is 1. The number of aromatic amines is 1. The van der Waals surface area contributed by atoms with Gasteiger partial charge in [0.2, 0.25) is 0 Å². The van der Waals surface area contributed by atoms with Crippen LogP contribution in [-0.4, -0.2) is 29.3 Å². The molecule has 0 bridgehead atoms. The summed E-state index contributed by atoms with van der Waals surface area (Å²) in [6.45, 7) is 7.37. The molecule has 1 amide bonds. The third-order valence-corrected chi connectivity index (χ3v) is 5.09. The number of benzene rings is 2. The summed E-state index contributed by atoms with van der Waals surface area (Å²) in [4.78, 5) is 41.5. The quantitative estimate of drug-likeness (QED) is 0.335. The van der Waals surface area contributed by atoms with Crippen molar-refractivity contribution in [2.24, 2.45) is 0 Å². The average Bonchev–Trinajstić information content (AvgIpc) is 3.11. The van der Waals surface area contributed by atoms with Crippen LogP contribution < -0.4 is 5.32 Å². The van der Waals surface area contributed by atoms with Crippen molar-refractivity contribution in [3.63, 3.8) is 0 Å². The Balaban J connectivity index is 2.00. The predicted molar refractivity (Wildman–Crippen MR) is 119 cm³/mol. The summed E-state index contributed by atoms with van der Waals surface area (Å²) >= 11 is 0. The number of H-pyrrole nitrogens is 1. The number of Topliss-reactive ketones (excluding diaryl/α,β-unsaturated/α-hetero) is 1. The third kappa shape index (κ3) is 4.74. The number of carbonyl (C=O) groups is 3. The number of ketones is 1. The minimum Gasteiger partial charge on any atom is -0.462 e. The number of carbonyl (C=O) groups excluding carboxylic acids is 3. The molecule has 1 heterocycles. The Morgan fingerprint density at radius 1 is 1.00 bits per heavy atom. The Hall–Kier alpha value is -3.67. The first kappa shape index (κ1) is 22.0. The van der Waals surface area contributed by atoms with Crippen molar-refractivity contribution in [1.82, 2.24) is 10.3 Å². The maximum Gasteiger partial charge on any atom is 0.340 e. The van der Waals surface area contributed by atoms with Crippen molar-refractivity contribution in [2.75, 3.05) is 6.61 Å². The van der Waals surface area contributed by atoms with Gasteiger partial charge in [0.05, 0.1) is 18.2 Å². The molecule has 0 aliphatic heterocycles. The summed E-state index contributed by atoms with van der Waals surface area (Å²) in [7, 11) is 0. The van der Waals surface area contributed by atoms with Gasteiger partial charge in [0.1, 0.15) is 5.69 Å². The van der Waals surface area contributed by atoms with Gasteiger partial charge in [-0.1, -0.05) is 60.2 Å². The van der Waals surface area contributed by atoms with E-state index in [1.165, 1.54) is 0 Å². The second kappa shape index (κ2) is 9.43. The molecule has 31 heavy (non-hydrogen) atoms. The number of ether oxygens (including phenoxy) is 1. The molecule has 0 aliphatic rings. The van der Waals surface area contributed by atoms with E-state index in [0.29, 0.717) is 16.8 Å². The highest BCUT2D eigenvalue weighted by Gasteiger charge is 2.30. The first-order valence-electron chi connectivity index (χ1n) is 10.2. The zero-order valence-corrected chi connectivity index (χ0v) is 18.1. The van der Waals surface area contributed by atoms with Crippen LogP contribution in [-0.2, 0) is 9.53 Å². The van der Waals surface area contributed by atoms with Crippen LogP contribution in [0.2, 0.25) is 0 Å². The van der Waals surface area contributed by atoms with Crippen molar-refractivity contribution < 1.29 is 19.1 Å². The van der Waals surface area contributed by atoms with E-state index in [4.69, 9.17) is 4.74 Å². The average molecular weight is 418 g/mol. The van der Waals surface area contributed by atoms with E-state index in [9.17, 15) is 14.4 Å². The number of nitrogens with one attached hydrogen (secondary N) is 2. The second-order valence-electron chi connectivity index (χ2n) is 7.40. The molecule has 160 valence electrons. The van der Waals surface area contributed by atoms with Gasteiger partial charge in [0.15, 0.2) is 0 Å². The van der Waals surface area contributed by atoms with E-state index in [1.807, 2.05) is 68.4 Å². The molecular formula is C25H26N2O4. The lowest BCUT2D eigenvalue weighted by molar-refractivity contribution is -0.117. The molecular weight excluding hydrogens is 392 g/mol. The number of hydrogen-bond acceptors (Lipinski definition) is 4. The Bertz CT molecular complexity index is 1100. The van der Waals surface area contributed by atoms with E-state index in [-0.39, 0.29) is 23.9 Å². The standard InChI is InChI=1S/C25H26N2O4/c1-5-31-25(30)20-17(4)26-22(21(20)19-13-11-15(2)12-14-19)23(28)24(29)27-16(3)18-9-7-6-8-10-18/h6-14,16,26H,5H2,1-4H3,(H,27,29)/t16-/m1/s1. The van der Waals surface area contributed by atoms with Crippen LogP contribution in [0, 0.1) is 13.8 Å². The lowest BCUT2D eigenvalue weighted by atomic mass is 9.97. The van der Waals surface area contributed by atoms with Gasteiger partial charge in [-0.2, -0.15) is 0 Å². The second-order valence-corrected chi connectivity index (χ2v) is 7.40. The highest BCUT2D eigenvalue weighted by atomic mass is 16.5. The Labute approximate surface area is 181 Å². The first-order valence-corrected chi connectivity index (χ1v) is 10.2. The van der Waals surface area contributed by atoms with Crippen LogP contribution in [0.15, 0.2) is 54.6 Å². The van der Waals surface area contributed by atoms with Crippen LogP contribution in [0.5, 0.6) is 0 Å². The zero-order chi connectivity index (χ0) is 22.5. The summed E-state index contributed by atoms with van der Waals surface area (Å²) in [5.74, 6) is -2.03. The number of amides is 1. The van der Waals surface area contributed by atoms with Gasteiger partial charge >= 0.3 is 5.97 Å².